The van der Waals surface area contributed by atoms with E-state index >= 15 is 0 Å². The van der Waals surface area contributed by atoms with Gasteiger partial charge in [0.05, 0.1) is 47.9 Å². The van der Waals surface area contributed by atoms with Crippen LogP contribution in [-0.2, 0) is 27.3 Å². The first-order valence-corrected chi connectivity index (χ1v) is 10.2. The third-order valence-corrected chi connectivity index (χ3v) is 7.26. The Labute approximate surface area is 175 Å². The molecule has 2 N–H and O–H groups in total. The molecule has 5 heterocycles. The molecular weight excluding hydrogens is 417 g/mol. The summed E-state index contributed by atoms with van der Waals surface area (Å²) in [7, 11) is 0. The largest absolute Gasteiger partial charge is 0.481 e. The van der Waals surface area contributed by atoms with E-state index in [4.69, 9.17) is 9.84 Å². The van der Waals surface area contributed by atoms with Gasteiger partial charge in [0.25, 0.3) is 0 Å². The van der Waals surface area contributed by atoms with Crippen LogP contribution in [0.25, 0.3) is 11.4 Å². The molecule has 2 atom stereocenters. The van der Waals surface area contributed by atoms with Gasteiger partial charge in [0, 0.05) is 0 Å². The number of fused-ring (bicyclic) bond motifs is 6. The first-order valence-electron chi connectivity index (χ1n) is 10.2. The molecular formula is C20H23F3N4O4. The fourth-order valence-corrected chi connectivity index (χ4v) is 5.10. The van der Waals surface area contributed by atoms with Gasteiger partial charge in [-0.05, 0) is 45.6 Å². The molecule has 31 heavy (non-hydrogen) atoms. The summed E-state index contributed by atoms with van der Waals surface area (Å²) in [6.45, 7) is 2.90. The molecule has 1 saturated carbocycles. The predicted molar refractivity (Wildman–Crippen MR) is 100.0 cm³/mol. The molecule has 0 amide bonds. The van der Waals surface area contributed by atoms with E-state index in [1.165, 1.54) is 10.8 Å². The average molecular weight is 440 g/mol. The highest BCUT2D eigenvalue weighted by Crippen LogP contribution is 2.54. The van der Waals surface area contributed by atoms with Gasteiger partial charge in [-0.2, -0.15) is 18.3 Å². The SMILES string of the molecule is C[C@H]1Cn2nc(C34CCC(C(=O)O)(CC3)CO4)cc2-c2cnc([C@@](C)(O)C(F)(F)F)n21. The third kappa shape index (κ3) is 2.65. The van der Waals surface area contributed by atoms with Crippen molar-refractivity contribution in [3.05, 3.63) is 23.8 Å². The highest BCUT2D eigenvalue weighted by molar-refractivity contribution is 5.75. The average Bonchev–Trinajstić information content (AvgIpc) is 3.33. The van der Waals surface area contributed by atoms with E-state index in [0.29, 0.717) is 56.2 Å². The molecule has 2 aromatic heterocycles. The van der Waals surface area contributed by atoms with Gasteiger partial charge >= 0.3 is 12.1 Å². The number of carboxylic acid groups (broad SMARTS) is 1. The standard InChI is InChI=1S/C20H23F3N4O4/c1-11-9-26-12(13-8-24-15(27(11)13)17(2,30)20(21,22)23)7-14(25-26)19-5-3-18(4-6-19,10-31-19)16(28)29/h7-8,11,30H,3-6,9-10H2,1-2H3,(H,28,29)/t11-,17+,18?,19?/m0/s1. The van der Waals surface area contributed by atoms with Crippen LogP contribution in [0.3, 0.4) is 0 Å². The Balaban J connectivity index is 1.54. The lowest BCUT2D eigenvalue weighted by atomic mass is 9.65. The molecule has 6 rings (SSSR count). The summed E-state index contributed by atoms with van der Waals surface area (Å²) in [6, 6.07) is 1.39. The summed E-state index contributed by atoms with van der Waals surface area (Å²) < 4.78 is 49.5. The normalized spacial score (nSPS) is 31.7. The number of carboxylic acids is 1. The zero-order valence-corrected chi connectivity index (χ0v) is 17.1. The molecule has 2 aromatic rings. The molecule has 0 spiro atoms. The number of alkyl halides is 3. The van der Waals surface area contributed by atoms with E-state index in [2.05, 4.69) is 4.98 Å². The molecule has 2 saturated heterocycles. The number of ether oxygens (including phenoxy) is 1. The number of imidazole rings is 1. The van der Waals surface area contributed by atoms with Crippen LogP contribution in [0.2, 0.25) is 0 Å². The van der Waals surface area contributed by atoms with Gasteiger partial charge < -0.3 is 19.5 Å². The van der Waals surface area contributed by atoms with Crippen molar-refractivity contribution in [1.29, 1.82) is 0 Å². The Bertz CT molecular complexity index is 1050. The topological polar surface area (TPSA) is 102 Å². The first kappa shape index (κ1) is 20.5. The summed E-state index contributed by atoms with van der Waals surface area (Å²) in [6.07, 6.45) is -1.49. The minimum absolute atomic E-state index is 0.122. The summed E-state index contributed by atoms with van der Waals surface area (Å²) in [5, 5.41) is 24.4. The van der Waals surface area contributed by atoms with Crippen LogP contribution >= 0.6 is 0 Å². The Morgan fingerprint density at radius 3 is 2.48 bits per heavy atom. The van der Waals surface area contributed by atoms with Gasteiger partial charge in [0.2, 0.25) is 5.60 Å². The number of aliphatic carboxylic acids is 1. The Morgan fingerprint density at radius 1 is 1.26 bits per heavy atom. The van der Waals surface area contributed by atoms with Crippen molar-refractivity contribution in [3.8, 4) is 11.4 Å². The van der Waals surface area contributed by atoms with Gasteiger partial charge in [0.15, 0.2) is 5.82 Å². The molecule has 2 bridgehead atoms. The summed E-state index contributed by atoms with van der Waals surface area (Å²) in [4.78, 5) is 15.6. The second-order valence-corrected chi connectivity index (χ2v) is 9.22. The lowest BCUT2D eigenvalue weighted by molar-refractivity contribution is -0.262. The van der Waals surface area contributed by atoms with Crippen LogP contribution in [0.1, 0.15) is 57.1 Å². The summed E-state index contributed by atoms with van der Waals surface area (Å²) in [5.74, 6) is -1.29. The maximum absolute atomic E-state index is 13.4. The third-order valence-electron chi connectivity index (χ3n) is 7.26. The molecule has 11 heteroatoms. The van der Waals surface area contributed by atoms with E-state index in [9.17, 15) is 28.2 Å². The number of aromatic nitrogens is 4. The fourth-order valence-electron chi connectivity index (χ4n) is 5.10. The maximum atomic E-state index is 13.4. The molecule has 4 aliphatic rings. The molecule has 0 radical (unpaired) electrons. The van der Waals surface area contributed by atoms with Crippen molar-refractivity contribution in [1.82, 2.24) is 19.3 Å². The Morgan fingerprint density at radius 2 is 1.94 bits per heavy atom. The van der Waals surface area contributed by atoms with E-state index in [1.54, 1.807) is 17.7 Å². The van der Waals surface area contributed by atoms with Crippen LogP contribution in [0.5, 0.6) is 0 Å². The second-order valence-electron chi connectivity index (χ2n) is 9.22. The fraction of sp³-hybridized carbons (Fsp3) is 0.650. The van der Waals surface area contributed by atoms with Gasteiger partial charge in [-0.25, -0.2) is 4.98 Å². The zero-order valence-electron chi connectivity index (χ0n) is 17.1. The molecule has 1 aliphatic carbocycles. The highest BCUT2D eigenvalue weighted by atomic mass is 19.4. The van der Waals surface area contributed by atoms with Crippen molar-refractivity contribution < 1.29 is 32.9 Å². The monoisotopic (exact) mass is 440 g/mol. The molecule has 0 unspecified atom stereocenters. The summed E-state index contributed by atoms with van der Waals surface area (Å²) in [5.41, 5.74) is -2.91. The van der Waals surface area contributed by atoms with E-state index in [-0.39, 0.29) is 6.61 Å². The quantitative estimate of drug-likeness (QED) is 0.761. The lowest BCUT2D eigenvalue weighted by Gasteiger charge is -2.50. The van der Waals surface area contributed by atoms with Crippen LogP contribution in [0, 0.1) is 5.41 Å². The van der Waals surface area contributed by atoms with Gasteiger partial charge in [0.1, 0.15) is 5.60 Å². The number of hydrogen-bond donors (Lipinski definition) is 2. The predicted octanol–water partition coefficient (Wildman–Crippen LogP) is 2.96. The Kier molecular flexibility index (Phi) is 4.03. The summed E-state index contributed by atoms with van der Waals surface area (Å²) >= 11 is 0. The van der Waals surface area contributed by atoms with E-state index in [1.807, 2.05) is 0 Å². The molecule has 3 aliphatic heterocycles. The van der Waals surface area contributed by atoms with Crippen molar-refractivity contribution in [2.24, 2.45) is 5.41 Å². The number of rotatable bonds is 3. The van der Waals surface area contributed by atoms with Gasteiger partial charge in [-0.1, -0.05) is 0 Å². The smallest absolute Gasteiger partial charge is 0.424 e. The van der Waals surface area contributed by atoms with Gasteiger partial charge in [-0.15, -0.1) is 0 Å². The van der Waals surface area contributed by atoms with Crippen molar-refractivity contribution in [2.75, 3.05) is 6.61 Å². The molecule has 168 valence electrons. The number of carbonyl (C=O) groups is 1. The Hall–Kier alpha value is -2.40. The van der Waals surface area contributed by atoms with Crippen molar-refractivity contribution >= 4 is 5.97 Å². The minimum Gasteiger partial charge on any atom is -0.481 e. The van der Waals surface area contributed by atoms with E-state index < -0.39 is 40.6 Å². The zero-order chi connectivity index (χ0) is 22.4. The van der Waals surface area contributed by atoms with Crippen LogP contribution < -0.4 is 0 Å². The van der Waals surface area contributed by atoms with Crippen molar-refractivity contribution in [3.63, 3.8) is 0 Å². The van der Waals surface area contributed by atoms with Crippen LogP contribution in [-0.4, -0.2) is 48.3 Å². The highest BCUT2D eigenvalue weighted by Gasteiger charge is 2.57. The lowest BCUT2D eigenvalue weighted by Crippen LogP contribution is -2.52. The molecule has 3 fully saturated rings. The van der Waals surface area contributed by atoms with E-state index in [0.717, 1.165) is 0 Å². The maximum Gasteiger partial charge on any atom is 0.424 e. The van der Waals surface area contributed by atoms with Crippen LogP contribution in [0.15, 0.2) is 12.3 Å². The first-order chi connectivity index (χ1) is 14.4. The molecule has 0 aromatic carbocycles. The second kappa shape index (κ2) is 6.10. The number of aliphatic hydroxyl groups is 1. The van der Waals surface area contributed by atoms with Crippen LogP contribution in [0.4, 0.5) is 13.2 Å². The van der Waals surface area contributed by atoms with Gasteiger partial charge in [-0.3, -0.25) is 9.48 Å². The number of nitrogens with zero attached hydrogens (tertiary/aromatic N) is 4. The van der Waals surface area contributed by atoms with Crippen molar-refractivity contribution in [2.45, 2.75) is 69.5 Å². The number of halogens is 3. The number of hydrogen-bond acceptors (Lipinski definition) is 5. The molecule has 8 nitrogen and oxygen atoms in total. The minimum atomic E-state index is -4.87.